The van der Waals surface area contributed by atoms with Gasteiger partial charge in [0, 0.05) is 29.4 Å². The molecule has 0 aromatic heterocycles. The quantitative estimate of drug-likeness (QED) is 0.780. The highest BCUT2D eigenvalue weighted by atomic mass is 16.2. The van der Waals surface area contributed by atoms with Crippen LogP contribution in [0.25, 0.3) is 0 Å². The molecule has 0 fully saturated rings. The Labute approximate surface area is 141 Å². The van der Waals surface area contributed by atoms with Crippen LogP contribution in [0.4, 0.5) is 0 Å². The maximum atomic E-state index is 12.8. The Bertz CT molecular complexity index is 755. The van der Waals surface area contributed by atoms with E-state index >= 15 is 0 Å². The van der Waals surface area contributed by atoms with Crippen molar-refractivity contribution in [3.8, 4) is 0 Å². The lowest BCUT2D eigenvalue weighted by molar-refractivity contribution is -0.122. The second kappa shape index (κ2) is 6.52. The summed E-state index contributed by atoms with van der Waals surface area (Å²) in [5.74, 6) is -1.59. The molecule has 0 bridgehead atoms. The maximum Gasteiger partial charge on any atom is 0.175 e. The van der Waals surface area contributed by atoms with Crippen molar-refractivity contribution in [1.82, 2.24) is 0 Å². The van der Waals surface area contributed by atoms with Crippen LogP contribution >= 0.6 is 0 Å². The normalized spacial score (nSPS) is 15.6. The zero-order valence-electron chi connectivity index (χ0n) is 13.9. The molecular weight excluding hydrogens is 300 g/mol. The van der Waals surface area contributed by atoms with Crippen LogP contribution in [0.3, 0.4) is 0 Å². The van der Waals surface area contributed by atoms with Gasteiger partial charge in [-0.25, -0.2) is 0 Å². The molecule has 1 atom stereocenters. The summed E-state index contributed by atoms with van der Waals surface area (Å²) in [5.41, 5.74) is 1.82. The summed E-state index contributed by atoms with van der Waals surface area (Å²) in [4.78, 5) is 38.0. The largest absolute Gasteiger partial charge is 0.299 e. The number of Topliss-reactive ketones (excluding diaryl/α,β-unsaturated/α-hetero) is 3. The van der Waals surface area contributed by atoms with Crippen molar-refractivity contribution < 1.29 is 14.4 Å². The van der Waals surface area contributed by atoms with Gasteiger partial charge in [-0.3, -0.25) is 14.4 Å². The van der Waals surface area contributed by atoms with E-state index in [1.54, 1.807) is 24.3 Å². The van der Waals surface area contributed by atoms with Crippen molar-refractivity contribution in [2.75, 3.05) is 0 Å². The monoisotopic (exact) mass is 320 g/mol. The lowest BCUT2D eigenvalue weighted by Crippen LogP contribution is -2.27. The molecule has 3 rings (SSSR count). The highest BCUT2D eigenvalue weighted by Gasteiger charge is 2.44. The number of ketones is 3. The Morgan fingerprint density at radius 2 is 1.38 bits per heavy atom. The zero-order chi connectivity index (χ0) is 17.3. The molecule has 1 aliphatic rings. The molecule has 0 unspecified atom stereocenters. The van der Waals surface area contributed by atoms with Crippen LogP contribution in [0.5, 0.6) is 0 Å². The Balaban J connectivity index is 2.02. The Hall–Kier alpha value is -2.55. The molecule has 0 radical (unpaired) electrons. The number of hydrogen-bond donors (Lipinski definition) is 0. The summed E-state index contributed by atoms with van der Waals surface area (Å²) in [6, 6.07) is 16.3. The van der Waals surface area contributed by atoms with Gasteiger partial charge < -0.3 is 0 Å². The molecule has 122 valence electrons. The summed E-state index contributed by atoms with van der Waals surface area (Å²) in [6.07, 6.45) is 0.206. The van der Waals surface area contributed by atoms with Crippen molar-refractivity contribution in [2.24, 2.45) is 11.8 Å². The predicted molar refractivity (Wildman–Crippen MR) is 92.2 cm³/mol. The van der Waals surface area contributed by atoms with Gasteiger partial charge in [0.25, 0.3) is 0 Å². The van der Waals surface area contributed by atoms with Gasteiger partial charge in [-0.15, -0.1) is 0 Å². The van der Waals surface area contributed by atoms with E-state index in [0.717, 1.165) is 5.56 Å². The maximum absolute atomic E-state index is 12.8. The van der Waals surface area contributed by atoms with Crippen molar-refractivity contribution in [1.29, 1.82) is 0 Å². The zero-order valence-corrected chi connectivity index (χ0v) is 13.9. The van der Waals surface area contributed by atoms with Crippen LogP contribution in [-0.4, -0.2) is 17.3 Å². The van der Waals surface area contributed by atoms with Crippen LogP contribution in [0.2, 0.25) is 0 Å². The van der Waals surface area contributed by atoms with Gasteiger partial charge in [0.1, 0.15) is 5.78 Å². The average Bonchev–Trinajstić information content (AvgIpc) is 2.85. The molecular formula is C21H20O3. The SMILES string of the molecule is CC(C)C(=O)C[C@H](c1ccccc1)C1C(=O)c2ccccc2C1=O. The smallest absolute Gasteiger partial charge is 0.175 e. The van der Waals surface area contributed by atoms with Gasteiger partial charge in [0.05, 0.1) is 5.92 Å². The summed E-state index contributed by atoms with van der Waals surface area (Å²) < 4.78 is 0. The molecule has 0 heterocycles. The standard InChI is InChI=1S/C21H20O3/c1-13(2)18(22)12-17(14-8-4-3-5-9-14)19-20(23)15-10-6-7-11-16(15)21(19)24/h3-11,13,17,19H,12H2,1-2H3/t17-/m1/s1. The Morgan fingerprint density at radius 1 is 0.875 bits per heavy atom. The van der Waals surface area contributed by atoms with Gasteiger partial charge in [0.15, 0.2) is 11.6 Å². The van der Waals surface area contributed by atoms with E-state index in [9.17, 15) is 14.4 Å². The van der Waals surface area contributed by atoms with Gasteiger partial charge >= 0.3 is 0 Å². The minimum absolute atomic E-state index is 0.0698. The molecule has 3 nitrogen and oxygen atoms in total. The van der Waals surface area contributed by atoms with E-state index in [1.807, 2.05) is 44.2 Å². The molecule has 0 N–H and O–H groups in total. The van der Waals surface area contributed by atoms with E-state index in [0.29, 0.717) is 11.1 Å². The first kappa shape index (κ1) is 16.3. The van der Waals surface area contributed by atoms with Gasteiger partial charge in [0.2, 0.25) is 0 Å². The van der Waals surface area contributed by atoms with Crippen LogP contribution in [0, 0.1) is 11.8 Å². The number of rotatable bonds is 5. The molecule has 24 heavy (non-hydrogen) atoms. The number of carbonyl (C=O) groups excluding carboxylic acids is 3. The third kappa shape index (κ3) is 2.82. The molecule has 0 amide bonds. The highest BCUT2D eigenvalue weighted by Crippen LogP contribution is 2.39. The number of fused-ring (bicyclic) bond motifs is 1. The van der Waals surface area contributed by atoms with Crippen LogP contribution in [0.1, 0.15) is 52.5 Å². The van der Waals surface area contributed by atoms with E-state index in [1.165, 1.54) is 0 Å². The second-order valence-corrected chi connectivity index (χ2v) is 6.59. The fourth-order valence-electron chi connectivity index (χ4n) is 3.31. The summed E-state index contributed by atoms with van der Waals surface area (Å²) >= 11 is 0. The lowest BCUT2D eigenvalue weighted by atomic mass is 9.78. The fraction of sp³-hybridized carbons (Fsp3) is 0.286. The Morgan fingerprint density at radius 3 is 1.88 bits per heavy atom. The van der Waals surface area contributed by atoms with E-state index < -0.39 is 11.8 Å². The number of carbonyl (C=O) groups is 3. The number of benzene rings is 2. The molecule has 0 aliphatic heterocycles. The van der Waals surface area contributed by atoms with E-state index in [2.05, 4.69) is 0 Å². The molecule has 0 spiro atoms. The summed E-state index contributed by atoms with van der Waals surface area (Å²) in [5, 5.41) is 0. The van der Waals surface area contributed by atoms with Crippen LogP contribution in [-0.2, 0) is 4.79 Å². The number of hydrogen-bond acceptors (Lipinski definition) is 3. The fourth-order valence-corrected chi connectivity index (χ4v) is 3.31. The molecule has 3 heteroatoms. The minimum Gasteiger partial charge on any atom is -0.299 e. The second-order valence-electron chi connectivity index (χ2n) is 6.59. The van der Waals surface area contributed by atoms with Gasteiger partial charge in [-0.05, 0) is 5.56 Å². The van der Waals surface area contributed by atoms with Crippen molar-refractivity contribution in [3.63, 3.8) is 0 Å². The van der Waals surface area contributed by atoms with E-state index in [-0.39, 0.29) is 29.7 Å². The van der Waals surface area contributed by atoms with Crippen molar-refractivity contribution in [3.05, 3.63) is 71.3 Å². The molecule has 1 aliphatic carbocycles. The van der Waals surface area contributed by atoms with Gasteiger partial charge in [-0.2, -0.15) is 0 Å². The van der Waals surface area contributed by atoms with Gasteiger partial charge in [-0.1, -0.05) is 68.4 Å². The lowest BCUT2D eigenvalue weighted by Gasteiger charge is -2.22. The first-order valence-corrected chi connectivity index (χ1v) is 8.25. The van der Waals surface area contributed by atoms with Crippen molar-refractivity contribution in [2.45, 2.75) is 26.2 Å². The molecule has 0 saturated heterocycles. The van der Waals surface area contributed by atoms with Crippen LogP contribution < -0.4 is 0 Å². The molecule has 0 saturated carbocycles. The third-order valence-electron chi connectivity index (χ3n) is 4.72. The summed E-state index contributed by atoms with van der Waals surface area (Å²) in [6.45, 7) is 3.69. The topological polar surface area (TPSA) is 51.2 Å². The Kier molecular flexibility index (Phi) is 4.43. The predicted octanol–water partition coefficient (Wildman–Crippen LogP) is 4.08. The van der Waals surface area contributed by atoms with Crippen LogP contribution in [0.15, 0.2) is 54.6 Å². The molecule has 2 aromatic carbocycles. The third-order valence-corrected chi connectivity index (χ3v) is 4.72. The average molecular weight is 320 g/mol. The first-order valence-electron chi connectivity index (χ1n) is 8.25. The van der Waals surface area contributed by atoms with E-state index in [4.69, 9.17) is 0 Å². The minimum atomic E-state index is -0.799. The van der Waals surface area contributed by atoms with Crippen molar-refractivity contribution >= 4 is 17.3 Å². The first-order chi connectivity index (χ1) is 11.5. The molecule has 2 aromatic rings. The highest BCUT2D eigenvalue weighted by molar-refractivity contribution is 6.27. The summed E-state index contributed by atoms with van der Waals surface area (Å²) in [7, 11) is 0.